The average molecular weight is 382 g/mol. The molecule has 4 aliphatic rings. The number of hydrogen-bond acceptors (Lipinski definition) is 5. The molecule has 0 saturated carbocycles. The van der Waals surface area contributed by atoms with Crippen molar-refractivity contribution >= 4 is 40.7 Å². The van der Waals surface area contributed by atoms with Gasteiger partial charge < -0.3 is 14.2 Å². The van der Waals surface area contributed by atoms with Crippen LogP contribution >= 0.6 is 23.2 Å². The van der Waals surface area contributed by atoms with E-state index in [1.54, 1.807) is 18.2 Å². The van der Waals surface area contributed by atoms with Gasteiger partial charge in [0, 0.05) is 5.02 Å². The first-order valence-corrected chi connectivity index (χ1v) is 8.72. The fourth-order valence-electron chi connectivity index (χ4n) is 4.23. The van der Waals surface area contributed by atoms with E-state index in [2.05, 4.69) is 0 Å². The number of benzene rings is 1. The first-order chi connectivity index (χ1) is 12.0. The van der Waals surface area contributed by atoms with Crippen LogP contribution in [0.25, 0.3) is 0 Å². The van der Waals surface area contributed by atoms with Gasteiger partial charge in [-0.3, -0.25) is 9.59 Å². The number of nitrogens with zero attached hydrogens (tertiary/aromatic N) is 1. The van der Waals surface area contributed by atoms with Crippen LogP contribution < -0.4 is 4.90 Å². The topological polar surface area (TPSA) is 65.1 Å². The number of carbonyl (C=O) groups excluding carboxylic acids is 2. The molecule has 4 aliphatic heterocycles. The van der Waals surface area contributed by atoms with E-state index < -0.39 is 29.8 Å². The van der Waals surface area contributed by atoms with Gasteiger partial charge in [-0.05, 0) is 24.3 Å². The molecule has 2 amide bonds. The molecule has 1 aromatic rings. The summed E-state index contributed by atoms with van der Waals surface area (Å²) in [6.45, 7) is 0.862. The lowest BCUT2D eigenvalue weighted by atomic mass is 9.76. The van der Waals surface area contributed by atoms with Crippen LogP contribution in [0, 0.1) is 11.8 Å². The number of fused-ring (bicyclic) bond motifs is 5. The zero-order valence-electron chi connectivity index (χ0n) is 12.9. The molecule has 130 valence electrons. The molecule has 0 aliphatic carbocycles. The van der Waals surface area contributed by atoms with Crippen molar-refractivity contribution in [1.29, 1.82) is 0 Å². The third kappa shape index (κ3) is 1.97. The molecular weight excluding hydrogens is 369 g/mol. The second-order valence-corrected chi connectivity index (χ2v) is 7.32. The Morgan fingerprint density at radius 1 is 1.12 bits per heavy atom. The Bertz CT molecular complexity index is 821. The molecule has 4 heterocycles. The van der Waals surface area contributed by atoms with E-state index in [0.717, 1.165) is 4.90 Å². The Labute approximate surface area is 153 Å². The zero-order chi connectivity index (χ0) is 17.3. The van der Waals surface area contributed by atoms with Gasteiger partial charge in [-0.15, -0.1) is 0 Å². The second-order valence-electron chi connectivity index (χ2n) is 6.48. The van der Waals surface area contributed by atoms with Gasteiger partial charge in [0.1, 0.15) is 0 Å². The summed E-state index contributed by atoms with van der Waals surface area (Å²) in [5, 5.41) is 0.681. The molecule has 0 spiro atoms. The maximum atomic E-state index is 13.2. The Hall–Kier alpha value is -1.44. The van der Waals surface area contributed by atoms with Gasteiger partial charge in [0.05, 0.1) is 41.9 Å². The predicted octanol–water partition coefficient (Wildman–Crippen LogP) is 2.18. The van der Waals surface area contributed by atoms with Gasteiger partial charge in [0.25, 0.3) is 0 Å². The lowest BCUT2D eigenvalue weighted by Gasteiger charge is -2.32. The molecule has 4 atom stereocenters. The maximum absolute atomic E-state index is 13.2. The van der Waals surface area contributed by atoms with Crippen LogP contribution in [-0.4, -0.2) is 43.0 Å². The van der Waals surface area contributed by atoms with Crippen LogP contribution in [0.2, 0.25) is 10.0 Å². The third-order valence-electron chi connectivity index (χ3n) is 5.22. The lowest BCUT2D eigenvalue weighted by Crippen LogP contribution is -2.49. The fourth-order valence-corrected chi connectivity index (χ4v) is 4.72. The first-order valence-electron chi connectivity index (χ1n) is 7.96. The molecule has 1 aromatic carbocycles. The number of halogens is 2. The van der Waals surface area contributed by atoms with Crippen LogP contribution in [0.15, 0.2) is 30.4 Å². The lowest BCUT2D eigenvalue weighted by molar-refractivity contribution is -0.180. The van der Waals surface area contributed by atoms with E-state index in [4.69, 9.17) is 37.4 Å². The normalized spacial score (nSPS) is 36.7. The molecule has 0 unspecified atom stereocenters. The smallest absolute Gasteiger partial charge is 0.241 e. The van der Waals surface area contributed by atoms with Crippen molar-refractivity contribution in [2.75, 3.05) is 18.1 Å². The molecular formula is C17H13Cl2NO5. The van der Waals surface area contributed by atoms with E-state index in [0.29, 0.717) is 23.9 Å². The number of anilines is 1. The van der Waals surface area contributed by atoms with Crippen LogP contribution in [0.5, 0.6) is 0 Å². The minimum absolute atomic E-state index is 0.248. The molecule has 3 saturated heterocycles. The van der Waals surface area contributed by atoms with Crippen molar-refractivity contribution in [2.24, 2.45) is 11.8 Å². The summed E-state index contributed by atoms with van der Waals surface area (Å²) in [7, 11) is 0. The average Bonchev–Trinajstić information content (AvgIpc) is 3.33. The van der Waals surface area contributed by atoms with Crippen molar-refractivity contribution in [3.05, 3.63) is 40.4 Å². The Morgan fingerprint density at radius 3 is 2.60 bits per heavy atom. The van der Waals surface area contributed by atoms with E-state index in [1.807, 2.05) is 6.08 Å². The summed E-state index contributed by atoms with van der Waals surface area (Å²) in [6.07, 6.45) is 2.45. The molecule has 6 nitrogen and oxygen atoms in total. The number of rotatable bonds is 2. The highest BCUT2D eigenvalue weighted by Gasteiger charge is 2.71. The highest BCUT2D eigenvalue weighted by molar-refractivity contribution is 6.38. The molecule has 8 heteroatoms. The molecule has 5 rings (SSSR count). The maximum Gasteiger partial charge on any atom is 0.241 e. The minimum Gasteiger partial charge on any atom is -0.357 e. The third-order valence-corrected chi connectivity index (χ3v) is 5.76. The number of amides is 2. The van der Waals surface area contributed by atoms with Gasteiger partial charge in [-0.25, -0.2) is 4.90 Å². The molecule has 0 radical (unpaired) electrons. The van der Waals surface area contributed by atoms with E-state index in [9.17, 15) is 9.59 Å². The summed E-state index contributed by atoms with van der Waals surface area (Å²) in [6, 6.07) is 4.68. The second kappa shape index (κ2) is 5.28. The molecule has 3 fully saturated rings. The van der Waals surface area contributed by atoms with Crippen molar-refractivity contribution in [1.82, 2.24) is 0 Å². The van der Waals surface area contributed by atoms with Crippen LogP contribution in [0.4, 0.5) is 5.69 Å². The predicted molar refractivity (Wildman–Crippen MR) is 88.4 cm³/mol. The Balaban J connectivity index is 1.58. The molecule has 2 bridgehead atoms. The van der Waals surface area contributed by atoms with Gasteiger partial charge in [0.2, 0.25) is 11.8 Å². The van der Waals surface area contributed by atoms with Crippen molar-refractivity contribution < 1.29 is 23.8 Å². The number of imide groups is 1. The van der Waals surface area contributed by atoms with Crippen LogP contribution in [-0.2, 0) is 23.8 Å². The summed E-state index contributed by atoms with van der Waals surface area (Å²) < 4.78 is 17.2. The van der Waals surface area contributed by atoms with Gasteiger partial charge in [-0.2, -0.15) is 0 Å². The first kappa shape index (κ1) is 15.8. The van der Waals surface area contributed by atoms with E-state index in [1.165, 1.54) is 6.07 Å². The summed E-state index contributed by atoms with van der Waals surface area (Å²) >= 11 is 12.1. The Morgan fingerprint density at radius 2 is 1.88 bits per heavy atom. The van der Waals surface area contributed by atoms with Crippen molar-refractivity contribution in [3.8, 4) is 0 Å². The minimum atomic E-state index is -1.06. The molecule has 0 N–H and O–H groups in total. The monoisotopic (exact) mass is 381 g/mol. The van der Waals surface area contributed by atoms with Crippen molar-refractivity contribution in [2.45, 2.75) is 18.0 Å². The summed E-state index contributed by atoms with van der Waals surface area (Å²) in [5.41, 5.74) is -0.732. The number of hydrogen-bond donors (Lipinski definition) is 0. The molecule has 25 heavy (non-hydrogen) atoms. The van der Waals surface area contributed by atoms with Crippen molar-refractivity contribution in [3.63, 3.8) is 0 Å². The highest BCUT2D eigenvalue weighted by Crippen LogP contribution is 2.55. The summed E-state index contributed by atoms with van der Waals surface area (Å²) in [5.74, 6) is -1.97. The van der Waals surface area contributed by atoms with Gasteiger partial charge in [-0.1, -0.05) is 29.3 Å². The molecule has 0 aromatic heterocycles. The number of ether oxygens (including phenoxy) is 3. The van der Waals surface area contributed by atoms with Gasteiger partial charge in [0.15, 0.2) is 11.9 Å². The zero-order valence-corrected chi connectivity index (χ0v) is 14.4. The Kier molecular flexibility index (Phi) is 3.34. The standard InChI is InChI=1S/C17H13Cl2NO5/c18-8-1-2-10(9(19)7-8)20-14(21)12-11-3-4-17(25-11,13(12)15(20)22)16-23-5-6-24-16/h1-4,7,11-13,16H,5-6H2/t11-,12+,13+,17-/m1/s1. The largest absolute Gasteiger partial charge is 0.357 e. The quantitative estimate of drug-likeness (QED) is 0.580. The van der Waals surface area contributed by atoms with E-state index >= 15 is 0 Å². The van der Waals surface area contributed by atoms with Crippen LogP contribution in [0.3, 0.4) is 0 Å². The summed E-state index contributed by atoms with van der Waals surface area (Å²) in [4.78, 5) is 27.3. The number of carbonyl (C=O) groups is 2. The van der Waals surface area contributed by atoms with Crippen LogP contribution in [0.1, 0.15) is 0 Å². The van der Waals surface area contributed by atoms with Gasteiger partial charge >= 0.3 is 0 Å². The van der Waals surface area contributed by atoms with E-state index in [-0.39, 0.29) is 16.8 Å². The SMILES string of the molecule is O=C1[C@@H]2[C@@H](C(=O)N1c1ccc(Cl)cc1Cl)[C@@]1(C3OCCO3)C=C[C@H]2O1. The fraction of sp³-hybridized carbons (Fsp3) is 0.412. The highest BCUT2D eigenvalue weighted by atomic mass is 35.5.